The van der Waals surface area contributed by atoms with Gasteiger partial charge in [0.1, 0.15) is 11.8 Å². The third-order valence-electron chi connectivity index (χ3n) is 1.89. The van der Waals surface area contributed by atoms with E-state index in [1.165, 1.54) is 0 Å². The quantitative estimate of drug-likeness (QED) is 0.795. The van der Waals surface area contributed by atoms with Crippen LogP contribution in [-0.2, 0) is 6.54 Å². The Morgan fingerprint density at radius 1 is 1.53 bits per heavy atom. The zero-order valence-electron chi connectivity index (χ0n) is 7.76. The van der Waals surface area contributed by atoms with Gasteiger partial charge in [-0.1, -0.05) is 0 Å². The van der Waals surface area contributed by atoms with Crippen LogP contribution >= 0.6 is 22.6 Å². The molecule has 74 valence electrons. The topological polar surface area (TPSA) is 54.5 Å². The van der Waals surface area contributed by atoms with Crippen molar-refractivity contribution in [3.8, 4) is 6.07 Å². The molecule has 0 aliphatic rings. The number of rotatable bonds is 2. The van der Waals surface area contributed by atoms with Gasteiger partial charge in [0, 0.05) is 12.4 Å². The minimum Gasteiger partial charge on any atom is -0.267 e. The Hall–Kier alpha value is -1.42. The van der Waals surface area contributed by atoms with E-state index in [1.807, 2.05) is 23.0 Å². The molecule has 0 spiro atoms. The number of halogens is 1. The van der Waals surface area contributed by atoms with Gasteiger partial charge < -0.3 is 0 Å². The summed E-state index contributed by atoms with van der Waals surface area (Å²) in [5, 5.41) is 12.9. The molecule has 4 nitrogen and oxygen atoms in total. The van der Waals surface area contributed by atoms with Crippen molar-refractivity contribution in [3.05, 3.63) is 45.6 Å². The van der Waals surface area contributed by atoms with Crippen LogP contribution in [0, 0.1) is 14.9 Å². The molecule has 2 heterocycles. The molecule has 0 fully saturated rings. The highest BCUT2D eigenvalue weighted by Gasteiger charge is 1.99. The van der Waals surface area contributed by atoms with E-state index < -0.39 is 0 Å². The lowest BCUT2D eigenvalue weighted by molar-refractivity contribution is 0.685. The Labute approximate surface area is 101 Å². The van der Waals surface area contributed by atoms with Crippen LogP contribution in [0.3, 0.4) is 0 Å². The molecule has 0 aliphatic carbocycles. The van der Waals surface area contributed by atoms with Crippen LogP contribution in [-0.4, -0.2) is 14.8 Å². The summed E-state index contributed by atoms with van der Waals surface area (Å²) in [4.78, 5) is 3.91. The first-order valence-corrected chi connectivity index (χ1v) is 5.39. The van der Waals surface area contributed by atoms with Crippen LogP contribution in [0.2, 0.25) is 0 Å². The lowest BCUT2D eigenvalue weighted by atomic mass is 10.2. The van der Waals surface area contributed by atoms with Crippen molar-refractivity contribution in [2.75, 3.05) is 0 Å². The summed E-state index contributed by atoms with van der Waals surface area (Å²) in [5.41, 5.74) is 1.47. The molecule has 0 N–H and O–H groups in total. The summed E-state index contributed by atoms with van der Waals surface area (Å²) in [6.45, 7) is 0.667. The van der Waals surface area contributed by atoms with Gasteiger partial charge in [-0.3, -0.25) is 4.68 Å². The maximum Gasteiger partial charge on any atom is 0.140 e. The van der Waals surface area contributed by atoms with Crippen LogP contribution < -0.4 is 0 Å². The van der Waals surface area contributed by atoms with Gasteiger partial charge in [0.25, 0.3) is 0 Å². The Bertz CT molecular complexity index is 512. The van der Waals surface area contributed by atoms with E-state index in [0.717, 1.165) is 9.13 Å². The maximum atomic E-state index is 8.70. The van der Waals surface area contributed by atoms with Crippen molar-refractivity contribution in [3.63, 3.8) is 0 Å². The molecule has 0 radical (unpaired) electrons. The maximum absolute atomic E-state index is 8.70. The van der Waals surface area contributed by atoms with E-state index in [9.17, 15) is 0 Å². The number of aromatic nitrogens is 3. The molecule has 0 atom stereocenters. The van der Waals surface area contributed by atoms with Gasteiger partial charge >= 0.3 is 0 Å². The van der Waals surface area contributed by atoms with Crippen molar-refractivity contribution >= 4 is 22.6 Å². The van der Waals surface area contributed by atoms with Crippen LogP contribution in [0.25, 0.3) is 0 Å². The SMILES string of the molecule is N#Cc1cc(Cn2cc(I)cn2)ccn1. The minimum absolute atomic E-state index is 0.439. The number of nitrogens with zero attached hydrogens (tertiary/aromatic N) is 4. The standard InChI is InChI=1S/C10H7IN4/c11-9-5-14-15(7-9)6-8-1-2-13-10(3-8)4-12/h1-3,5,7H,6H2. The smallest absolute Gasteiger partial charge is 0.140 e. The molecule has 2 rings (SSSR count). The van der Waals surface area contributed by atoms with Gasteiger partial charge in [0.2, 0.25) is 0 Å². The van der Waals surface area contributed by atoms with Crippen molar-refractivity contribution in [2.24, 2.45) is 0 Å². The molecule has 5 heteroatoms. The lowest BCUT2D eigenvalue weighted by Crippen LogP contribution is -2.00. The van der Waals surface area contributed by atoms with Crippen LogP contribution in [0.4, 0.5) is 0 Å². The normalized spacial score (nSPS) is 9.87. The summed E-state index contributed by atoms with van der Waals surface area (Å²) >= 11 is 2.21. The van der Waals surface area contributed by atoms with Gasteiger partial charge in [-0.2, -0.15) is 10.4 Å². The molecule has 0 bridgehead atoms. The van der Waals surface area contributed by atoms with Crippen LogP contribution in [0.5, 0.6) is 0 Å². The average molecular weight is 310 g/mol. The van der Waals surface area contributed by atoms with Gasteiger partial charge in [0.15, 0.2) is 0 Å². The lowest BCUT2D eigenvalue weighted by Gasteiger charge is -2.00. The molecule has 0 saturated carbocycles. The van der Waals surface area contributed by atoms with Gasteiger partial charge in [-0.05, 0) is 40.3 Å². The average Bonchev–Trinajstić information content (AvgIpc) is 2.64. The van der Waals surface area contributed by atoms with Crippen molar-refractivity contribution < 1.29 is 0 Å². The number of nitriles is 1. The van der Waals surface area contributed by atoms with Gasteiger partial charge in [0.05, 0.1) is 16.3 Å². The molecule has 0 amide bonds. The number of hydrogen-bond acceptors (Lipinski definition) is 3. The molecular formula is C10H7IN4. The molecule has 0 saturated heterocycles. The van der Waals surface area contributed by atoms with E-state index in [0.29, 0.717) is 12.2 Å². The fraction of sp³-hybridized carbons (Fsp3) is 0.100. The first-order chi connectivity index (χ1) is 7.28. The molecule has 0 aliphatic heterocycles. The predicted molar refractivity (Wildman–Crippen MR) is 63.0 cm³/mol. The minimum atomic E-state index is 0.439. The molecule has 2 aromatic heterocycles. The summed E-state index contributed by atoms with van der Waals surface area (Å²) in [7, 11) is 0. The van der Waals surface area contributed by atoms with E-state index in [1.54, 1.807) is 18.5 Å². The first kappa shape index (κ1) is 10.1. The molecule has 0 unspecified atom stereocenters. The van der Waals surface area contributed by atoms with Gasteiger partial charge in [-0.15, -0.1) is 0 Å². The summed E-state index contributed by atoms with van der Waals surface area (Å²) in [6, 6.07) is 5.67. The monoisotopic (exact) mass is 310 g/mol. The number of hydrogen-bond donors (Lipinski definition) is 0. The Morgan fingerprint density at radius 2 is 2.40 bits per heavy atom. The fourth-order valence-electron chi connectivity index (χ4n) is 1.25. The third-order valence-corrected chi connectivity index (χ3v) is 2.44. The highest BCUT2D eigenvalue weighted by atomic mass is 127. The predicted octanol–water partition coefficient (Wildman–Crippen LogP) is 1.80. The first-order valence-electron chi connectivity index (χ1n) is 4.31. The van der Waals surface area contributed by atoms with E-state index in [-0.39, 0.29) is 0 Å². The zero-order valence-corrected chi connectivity index (χ0v) is 9.92. The van der Waals surface area contributed by atoms with Crippen molar-refractivity contribution in [1.29, 1.82) is 5.26 Å². The molecule has 15 heavy (non-hydrogen) atoms. The molecule has 2 aromatic rings. The Morgan fingerprint density at radius 3 is 3.07 bits per heavy atom. The summed E-state index contributed by atoms with van der Waals surface area (Å²) in [6.07, 6.45) is 5.39. The number of pyridine rings is 1. The largest absolute Gasteiger partial charge is 0.267 e. The highest BCUT2D eigenvalue weighted by Crippen LogP contribution is 2.06. The van der Waals surface area contributed by atoms with Crippen molar-refractivity contribution in [1.82, 2.24) is 14.8 Å². The Kier molecular flexibility index (Phi) is 2.97. The van der Waals surface area contributed by atoms with Crippen LogP contribution in [0.1, 0.15) is 11.3 Å². The second-order valence-electron chi connectivity index (χ2n) is 3.02. The van der Waals surface area contributed by atoms with E-state index in [4.69, 9.17) is 5.26 Å². The van der Waals surface area contributed by atoms with E-state index in [2.05, 4.69) is 32.7 Å². The molecule has 0 aromatic carbocycles. The summed E-state index contributed by atoms with van der Waals surface area (Å²) < 4.78 is 2.93. The second kappa shape index (κ2) is 4.40. The van der Waals surface area contributed by atoms with E-state index >= 15 is 0 Å². The second-order valence-corrected chi connectivity index (χ2v) is 4.26. The van der Waals surface area contributed by atoms with Crippen LogP contribution in [0.15, 0.2) is 30.7 Å². The zero-order chi connectivity index (χ0) is 10.7. The third kappa shape index (κ3) is 2.53. The summed E-state index contributed by atoms with van der Waals surface area (Å²) in [5.74, 6) is 0. The molecular weight excluding hydrogens is 303 g/mol. The fourth-order valence-corrected chi connectivity index (χ4v) is 1.69. The highest BCUT2D eigenvalue weighted by molar-refractivity contribution is 14.1. The van der Waals surface area contributed by atoms with Gasteiger partial charge in [-0.25, -0.2) is 4.98 Å². The van der Waals surface area contributed by atoms with Crippen molar-refractivity contribution in [2.45, 2.75) is 6.54 Å². The Balaban J connectivity index is 2.21.